The van der Waals surface area contributed by atoms with Crippen LogP contribution in [0.25, 0.3) is 126 Å². The molecular weight excluding hydrogens is 867 g/mol. The molecule has 0 atom stereocenters. The van der Waals surface area contributed by atoms with Gasteiger partial charge >= 0.3 is 0 Å². The minimum Gasteiger partial charge on any atom is -0.309 e. The summed E-state index contributed by atoms with van der Waals surface area (Å²) in [5.74, 6) is 0. The molecule has 1 nitrogen and oxygen atoms in total. The van der Waals surface area contributed by atoms with Crippen LogP contribution in [-0.4, -0.2) is 4.57 Å². The monoisotopic (exact) mass is 909 g/mol. The Labute approximate surface area is 417 Å². The highest BCUT2D eigenvalue weighted by Crippen LogP contribution is 2.64. The Hall–Kier alpha value is -9.30. The Balaban J connectivity index is 0.871. The van der Waals surface area contributed by atoms with E-state index in [2.05, 4.69) is 265 Å². The Morgan fingerprint density at radius 2 is 0.778 bits per heavy atom. The molecule has 1 spiro atoms. The van der Waals surface area contributed by atoms with E-state index in [0.29, 0.717) is 0 Å². The zero-order valence-corrected chi connectivity index (χ0v) is 39.3. The van der Waals surface area contributed by atoms with Gasteiger partial charge in [0, 0.05) is 16.5 Å². The van der Waals surface area contributed by atoms with Gasteiger partial charge in [-0.05, 0) is 176 Å². The molecule has 1 heterocycles. The zero-order chi connectivity index (χ0) is 47.1. The number of aromatic nitrogens is 1. The van der Waals surface area contributed by atoms with Crippen molar-refractivity contribution in [2.24, 2.45) is 0 Å². The van der Waals surface area contributed by atoms with Crippen LogP contribution in [0.2, 0.25) is 0 Å². The van der Waals surface area contributed by atoms with Crippen LogP contribution in [0.1, 0.15) is 22.3 Å². The van der Waals surface area contributed by atoms with Crippen molar-refractivity contribution in [3.8, 4) is 61.3 Å². The van der Waals surface area contributed by atoms with Crippen molar-refractivity contribution < 1.29 is 0 Å². The molecule has 72 heavy (non-hydrogen) atoms. The van der Waals surface area contributed by atoms with Gasteiger partial charge in [0.2, 0.25) is 0 Å². The van der Waals surface area contributed by atoms with E-state index in [4.69, 9.17) is 0 Å². The van der Waals surface area contributed by atoms with Gasteiger partial charge in [0.05, 0.1) is 16.4 Å². The number of hydrogen-bond acceptors (Lipinski definition) is 0. The van der Waals surface area contributed by atoms with E-state index in [9.17, 15) is 0 Å². The second-order valence-corrected chi connectivity index (χ2v) is 19.9. The fourth-order valence-corrected chi connectivity index (χ4v) is 13.4. The average Bonchev–Trinajstić information content (AvgIpc) is 4.05. The molecule has 0 fully saturated rings. The largest absolute Gasteiger partial charge is 0.309 e. The number of fused-ring (bicyclic) bond motifs is 18. The third-order valence-electron chi connectivity index (χ3n) is 16.3. The Bertz CT molecular complexity index is 4520. The van der Waals surface area contributed by atoms with E-state index in [0.717, 1.165) is 0 Å². The highest BCUT2D eigenvalue weighted by molar-refractivity contribution is 6.23. The van der Waals surface area contributed by atoms with Crippen molar-refractivity contribution in [1.29, 1.82) is 0 Å². The molecule has 13 aromatic carbocycles. The molecule has 0 N–H and O–H groups in total. The summed E-state index contributed by atoms with van der Waals surface area (Å²) in [4.78, 5) is 0. The highest BCUT2D eigenvalue weighted by atomic mass is 15.0. The minimum absolute atomic E-state index is 0.424. The normalized spacial score (nSPS) is 13.1. The first-order valence-corrected chi connectivity index (χ1v) is 25.2. The van der Waals surface area contributed by atoms with Gasteiger partial charge in [-0.25, -0.2) is 0 Å². The van der Waals surface area contributed by atoms with Crippen LogP contribution in [0, 0.1) is 0 Å². The van der Waals surface area contributed by atoms with Gasteiger partial charge in [-0.15, -0.1) is 0 Å². The van der Waals surface area contributed by atoms with E-state index in [1.165, 1.54) is 148 Å². The van der Waals surface area contributed by atoms with Crippen LogP contribution in [0.4, 0.5) is 0 Å². The molecule has 2 aliphatic rings. The lowest BCUT2D eigenvalue weighted by molar-refractivity contribution is 0.795. The quantitative estimate of drug-likeness (QED) is 0.155. The second kappa shape index (κ2) is 14.9. The smallest absolute Gasteiger partial charge is 0.0725 e. The lowest BCUT2D eigenvalue weighted by Crippen LogP contribution is -2.25. The fraction of sp³-hybridized carbons (Fsp3) is 0.0141. The maximum Gasteiger partial charge on any atom is 0.0725 e. The van der Waals surface area contributed by atoms with E-state index in [1.54, 1.807) is 0 Å². The molecule has 1 heteroatoms. The molecular formula is C71H43N. The topological polar surface area (TPSA) is 4.93 Å². The van der Waals surface area contributed by atoms with Crippen molar-refractivity contribution in [1.82, 2.24) is 4.57 Å². The Morgan fingerprint density at radius 1 is 0.236 bits per heavy atom. The van der Waals surface area contributed by atoms with Crippen LogP contribution in [0.15, 0.2) is 261 Å². The van der Waals surface area contributed by atoms with Gasteiger partial charge in [0.15, 0.2) is 0 Å². The van der Waals surface area contributed by atoms with Gasteiger partial charge < -0.3 is 4.57 Å². The van der Waals surface area contributed by atoms with Crippen LogP contribution in [-0.2, 0) is 5.41 Å². The first-order chi connectivity index (χ1) is 35.7. The maximum absolute atomic E-state index is 2.53. The second-order valence-electron chi connectivity index (χ2n) is 19.9. The van der Waals surface area contributed by atoms with Crippen molar-refractivity contribution in [2.75, 3.05) is 0 Å². The molecule has 2 aliphatic carbocycles. The molecule has 1 aromatic heterocycles. The molecule has 0 saturated heterocycles. The minimum atomic E-state index is -0.424. The summed E-state index contributed by atoms with van der Waals surface area (Å²) in [5.41, 5.74) is 21.3. The lowest BCUT2D eigenvalue weighted by atomic mass is 9.70. The molecule has 0 saturated carbocycles. The Kier molecular flexibility index (Phi) is 8.16. The van der Waals surface area contributed by atoms with Crippen LogP contribution >= 0.6 is 0 Å². The standard InChI is InChI=1S/C71H43N/c1-2-20-51(21-3-1)72-66-32-15-12-25-55(66)60-42-49(36-38-67(60)72)69-58-28-8-6-26-56(58)68(57-27-7-9-29-59(57)69)48-19-16-18-45(39-48)46-33-34-47-41-61-65(43-50(47)40-46)71(64-37-35-44-17-4-5-22-52(44)70(61)64)62-30-13-10-23-53(62)54-24-11-14-31-63(54)71/h1-43H. The molecule has 0 amide bonds. The van der Waals surface area contributed by atoms with Crippen molar-refractivity contribution in [2.45, 2.75) is 5.41 Å². The third-order valence-corrected chi connectivity index (χ3v) is 16.3. The summed E-state index contributed by atoms with van der Waals surface area (Å²) in [6.07, 6.45) is 0. The number of benzene rings is 13. The van der Waals surface area contributed by atoms with Crippen LogP contribution < -0.4 is 0 Å². The Morgan fingerprint density at radius 3 is 1.50 bits per heavy atom. The van der Waals surface area contributed by atoms with Crippen LogP contribution in [0.3, 0.4) is 0 Å². The zero-order valence-electron chi connectivity index (χ0n) is 39.3. The van der Waals surface area contributed by atoms with E-state index in [1.807, 2.05) is 0 Å². The predicted octanol–water partition coefficient (Wildman–Crippen LogP) is 18.7. The summed E-state index contributed by atoms with van der Waals surface area (Å²) in [7, 11) is 0. The van der Waals surface area contributed by atoms with E-state index < -0.39 is 5.41 Å². The highest BCUT2D eigenvalue weighted by Gasteiger charge is 2.52. The number of rotatable bonds is 4. The van der Waals surface area contributed by atoms with Gasteiger partial charge in [-0.3, -0.25) is 0 Å². The molecule has 0 unspecified atom stereocenters. The first kappa shape index (κ1) is 39.5. The summed E-state index contributed by atoms with van der Waals surface area (Å²) < 4.78 is 2.40. The molecule has 16 rings (SSSR count). The van der Waals surface area contributed by atoms with E-state index >= 15 is 0 Å². The van der Waals surface area contributed by atoms with Crippen LogP contribution in [0.5, 0.6) is 0 Å². The van der Waals surface area contributed by atoms with Gasteiger partial charge in [-0.2, -0.15) is 0 Å². The van der Waals surface area contributed by atoms with Crippen molar-refractivity contribution >= 4 is 64.9 Å². The molecule has 0 radical (unpaired) electrons. The first-order valence-electron chi connectivity index (χ1n) is 25.2. The van der Waals surface area contributed by atoms with Crippen molar-refractivity contribution in [3.63, 3.8) is 0 Å². The summed E-state index contributed by atoms with van der Waals surface area (Å²) in [6, 6.07) is 97.9. The third kappa shape index (κ3) is 5.32. The van der Waals surface area contributed by atoms with E-state index in [-0.39, 0.29) is 0 Å². The fourth-order valence-electron chi connectivity index (χ4n) is 13.4. The number of hydrogen-bond donors (Lipinski definition) is 0. The SMILES string of the molecule is c1ccc(-n2c3ccccc3c3cc(-c4c5ccccc5c(-c5cccc(-c6ccc7cc8c(cc7c6)C6(c7ccccc7-c7ccccc76)c6ccc7ccccc7c6-8)c5)c5ccccc45)ccc32)cc1. The van der Waals surface area contributed by atoms with Gasteiger partial charge in [0.25, 0.3) is 0 Å². The predicted molar refractivity (Wildman–Crippen MR) is 303 cm³/mol. The average molecular weight is 910 g/mol. The lowest BCUT2D eigenvalue weighted by Gasteiger charge is -2.30. The van der Waals surface area contributed by atoms with Gasteiger partial charge in [-0.1, -0.05) is 206 Å². The summed E-state index contributed by atoms with van der Waals surface area (Å²) >= 11 is 0. The summed E-state index contributed by atoms with van der Waals surface area (Å²) in [6.45, 7) is 0. The molecule has 332 valence electrons. The number of nitrogens with zero attached hydrogens (tertiary/aromatic N) is 1. The summed E-state index contributed by atoms with van der Waals surface area (Å²) in [5, 5.41) is 12.6. The maximum atomic E-state index is 2.53. The molecule has 0 aliphatic heterocycles. The van der Waals surface area contributed by atoms with Crippen molar-refractivity contribution in [3.05, 3.63) is 283 Å². The van der Waals surface area contributed by atoms with Gasteiger partial charge in [0.1, 0.15) is 0 Å². The molecule has 0 bridgehead atoms. The number of para-hydroxylation sites is 2. The molecule has 14 aromatic rings.